The Morgan fingerprint density at radius 2 is 2.40 bits per heavy atom. The third-order valence-electron chi connectivity index (χ3n) is 2.44. The Hall–Kier alpha value is -0.940. The second kappa shape index (κ2) is 6.53. The Morgan fingerprint density at radius 3 is 2.93 bits per heavy atom. The van der Waals surface area contributed by atoms with Gasteiger partial charge in [-0.15, -0.1) is 5.10 Å². The van der Waals surface area contributed by atoms with Gasteiger partial charge in [0.25, 0.3) is 0 Å². The first-order valence-corrected chi connectivity index (χ1v) is 5.39. The van der Waals surface area contributed by atoms with Crippen molar-refractivity contribution in [1.29, 1.82) is 0 Å². The van der Waals surface area contributed by atoms with Gasteiger partial charge in [-0.2, -0.15) is 0 Å². The van der Waals surface area contributed by atoms with Crippen molar-refractivity contribution in [3.05, 3.63) is 11.9 Å². The molecule has 0 saturated heterocycles. The van der Waals surface area contributed by atoms with E-state index in [0.717, 1.165) is 31.7 Å². The van der Waals surface area contributed by atoms with Crippen LogP contribution in [0.5, 0.6) is 0 Å². The smallest absolute Gasteiger partial charge is 0.0753 e. The summed E-state index contributed by atoms with van der Waals surface area (Å²) >= 11 is 0. The highest BCUT2D eigenvalue weighted by atomic mass is 16.5. The molecule has 0 bridgehead atoms. The Balaban J connectivity index is 2.39. The fourth-order valence-corrected chi connectivity index (χ4v) is 1.59. The topological polar surface area (TPSA) is 52.0 Å². The fraction of sp³-hybridized carbons (Fsp3) is 0.800. The van der Waals surface area contributed by atoms with E-state index in [1.165, 1.54) is 0 Å². The minimum absolute atomic E-state index is 0.311. The van der Waals surface area contributed by atoms with Gasteiger partial charge in [-0.3, -0.25) is 4.68 Å². The van der Waals surface area contributed by atoms with Gasteiger partial charge >= 0.3 is 0 Å². The first kappa shape index (κ1) is 12.1. The molecular formula is C10H20N4O. The summed E-state index contributed by atoms with van der Waals surface area (Å²) in [5, 5.41) is 11.1. The Bertz CT molecular complexity index is 274. The number of nitrogens with one attached hydrogen (secondary N) is 1. The van der Waals surface area contributed by atoms with Crippen LogP contribution in [-0.2, 0) is 11.8 Å². The summed E-state index contributed by atoms with van der Waals surface area (Å²) < 4.78 is 7.12. The molecule has 1 aromatic heterocycles. The molecule has 0 spiro atoms. The lowest BCUT2D eigenvalue weighted by Crippen LogP contribution is -2.19. The molecule has 0 fully saturated rings. The van der Waals surface area contributed by atoms with Crippen LogP contribution in [0, 0.1) is 0 Å². The van der Waals surface area contributed by atoms with Gasteiger partial charge in [0.05, 0.1) is 17.9 Å². The van der Waals surface area contributed by atoms with Gasteiger partial charge in [0, 0.05) is 20.3 Å². The molecule has 0 aromatic carbocycles. The van der Waals surface area contributed by atoms with Crippen LogP contribution in [0.1, 0.15) is 31.5 Å². The van der Waals surface area contributed by atoms with Gasteiger partial charge in [0.1, 0.15) is 0 Å². The van der Waals surface area contributed by atoms with E-state index in [2.05, 4.69) is 15.6 Å². The maximum absolute atomic E-state index is 5.31. The third kappa shape index (κ3) is 3.60. The average molecular weight is 212 g/mol. The first-order chi connectivity index (χ1) is 7.29. The van der Waals surface area contributed by atoms with Crippen molar-refractivity contribution >= 4 is 0 Å². The highest BCUT2D eigenvalue weighted by Crippen LogP contribution is 2.15. The summed E-state index contributed by atoms with van der Waals surface area (Å²) in [4.78, 5) is 0. The number of ether oxygens (including phenoxy) is 1. The summed E-state index contributed by atoms with van der Waals surface area (Å²) in [6, 6.07) is 0.311. The summed E-state index contributed by atoms with van der Waals surface area (Å²) in [5.41, 5.74) is 1.12. The van der Waals surface area contributed by atoms with Crippen molar-refractivity contribution in [2.75, 3.05) is 20.3 Å². The molecule has 0 aliphatic rings. The number of aryl methyl sites for hydroxylation is 1. The normalized spacial score (nSPS) is 13.0. The van der Waals surface area contributed by atoms with Gasteiger partial charge in [-0.1, -0.05) is 5.21 Å². The standard InChI is InChI=1S/C10H20N4O/c1-4-15-7-5-6-9(11-2)10-8-12-13-14(10)3/h8-9,11H,4-7H2,1-3H3. The molecule has 0 aliphatic heterocycles. The number of rotatable bonds is 7. The SMILES string of the molecule is CCOCCCC(NC)c1cnnn1C. The molecular weight excluding hydrogens is 192 g/mol. The van der Waals surface area contributed by atoms with E-state index in [-0.39, 0.29) is 0 Å². The van der Waals surface area contributed by atoms with Gasteiger partial charge in [-0.25, -0.2) is 0 Å². The van der Waals surface area contributed by atoms with E-state index in [9.17, 15) is 0 Å². The van der Waals surface area contributed by atoms with Crippen LogP contribution in [0.25, 0.3) is 0 Å². The number of aromatic nitrogens is 3. The number of nitrogens with zero attached hydrogens (tertiary/aromatic N) is 3. The predicted molar refractivity (Wildman–Crippen MR) is 58.5 cm³/mol. The van der Waals surface area contributed by atoms with Crippen LogP contribution in [0.2, 0.25) is 0 Å². The van der Waals surface area contributed by atoms with Gasteiger partial charge in [-0.05, 0) is 26.8 Å². The molecule has 0 amide bonds. The van der Waals surface area contributed by atoms with Crippen molar-refractivity contribution in [3.8, 4) is 0 Å². The van der Waals surface area contributed by atoms with Crippen LogP contribution >= 0.6 is 0 Å². The lowest BCUT2D eigenvalue weighted by Gasteiger charge is -2.15. The average Bonchev–Trinajstić information content (AvgIpc) is 2.65. The van der Waals surface area contributed by atoms with Crippen LogP contribution in [0.15, 0.2) is 6.20 Å². The summed E-state index contributed by atoms with van der Waals surface area (Å²) in [5.74, 6) is 0. The monoisotopic (exact) mass is 212 g/mol. The van der Waals surface area contributed by atoms with Crippen LogP contribution in [0.3, 0.4) is 0 Å². The Labute approximate surface area is 90.8 Å². The van der Waals surface area contributed by atoms with E-state index >= 15 is 0 Å². The van der Waals surface area contributed by atoms with Crippen LogP contribution < -0.4 is 5.32 Å². The molecule has 1 rings (SSSR count). The molecule has 0 saturated carbocycles. The second-order valence-electron chi connectivity index (χ2n) is 3.46. The van der Waals surface area contributed by atoms with Crippen molar-refractivity contribution in [2.24, 2.45) is 7.05 Å². The van der Waals surface area contributed by atoms with Crippen molar-refractivity contribution in [3.63, 3.8) is 0 Å². The van der Waals surface area contributed by atoms with Gasteiger partial charge in [0.15, 0.2) is 0 Å². The molecule has 15 heavy (non-hydrogen) atoms. The molecule has 0 aliphatic carbocycles. The lowest BCUT2D eigenvalue weighted by atomic mass is 10.1. The highest BCUT2D eigenvalue weighted by molar-refractivity contribution is 5.01. The predicted octanol–water partition coefficient (Wildman–Crippen LogP) is 0.892. The zero-order valence-electron chi connectivity index (χ0n) is 9.73. The minimum atomic E-state index is 0.311. The fourth-order valence-electron chi connectivity index (χ4n) is 1.59. The third-order valence-corrected chi connectivity index (χ3v) is 2.44. The molecule has 1 N–H and O–H groups in total. The molecule has 1 atom stereocenters. The largest absolute Gasteiger partial charge is 0.382 e. The molecule has 5 heteroatoms. The lowest BCUT2D eigenvalue weighted by molar-refractivity contribution is 0.141. The zero-order chi connectivity index (χ0) is 11.1. The minimum Gasteiger partial charge on any atom is -0.382 e. The van der Waals surface area contributed by atoms with E-state index in [1.54, 1.807) is 0 Å². The Morgan fingerprint density at radius 1 is 1.60 bits per heavy atom. The molecule has 1 aromatic rings. The van der Waals surface area contributed by atoms with E-state index in [1.807, 2.05) is 31.9 Å². The van der Waals surface area contributed by atoms with Crippen LogP contribution in [-0.4, -0.2) is 35.3 Å². The quantitative estimate of drug-likeness (QED) is 0.682. The maximum Gasteiger partial charge on any atom is 0.0753 e. The summed E-state index contributed by atoms with van der Waals surface area (Å²) in [6.07, 6.45) is 3.89. The maximum atomic E-state index is 5.31. The highest BCUT2D eigenvalue weighted by Gasteiger charge is 2.12. The first-order valence-electron chi connectivity index (χ1n) is 5.39. The Kier molecular flexibility index (Phi) is 5.28. The van der Waals surface area contributed by atoms with Crippen molar-refractivity contribution < 1.29 is 4.74 Å². The van der Waals surface area contributed by atoms with E-state index in [4.69, 9.17) is 4.74 Å². The number of hydrogen-bond acceptors (Lipinski definition) is 4. The summed E-state index contributed by atoms with van der Waals surface area (Å²) in [6.45, 7) is 3.62. The van der Waals surface area contributed by atoms with Crippen molar-refractivity contribution in [1.82, 2.24) is 20.3 Å². The molecule has 0 radical (unpaired) electrons. The van der Waals surface area contributed by atoms with E-state index in [0.29, 0.717) is 6.04 Å². The van der Waals surface area contributed by atoms with E-state index < -0.39 is 0 Å². The molecule has 1 heterocycles. The molecule has 1 unspecified atom stereocenters. The zero-order valence-corrected chi connectivity index (χ0v) is 9.73. The number of hydrogen-bond donors (Lipinski definition) is 1. The second-order valence-corrected chi connectivity index (χ2v) is 3.46. The molecule has 5 nitrogen and oxygen atoms in total. The summed E-state index contributed by atoms with van der Waals surface area (Å²) in [7, 11) is 3.87. The van der Waals surface area contributed by atoms with Gasteiger partial charge in [0.2, 0.25) is 0 Å². The van der Waals surface area contributed by atoms with Crippen LogP contribution in [0.4, 0.5) is 0 Å². The molecule has 86 valence electrons. The van der Waals surface area contributed by atoms with Crippen molar-refractivity contribution in [2.45, 2.75) is 25.8 Å². The van der Waals surface area contributed by atoms with Gasteiger partial charge < -0.3 is 10.1 Å².